The van der Waals surface area contributed by atoms with Crippen LogP contribution in [0.2, 0.25) is 0 Å². The minimum absolute atomic E-state index is 0.106. The van der Waals surface area contributed by atoms with Crippen LogP contribution in [0, 0.1) is 5.82 Å². The molecule has 1 aliphatic heterocycles. The van der Waals surface area contributed by atoms with Crippen molar-refractivity contribution in [2.45, 2.75) is 11.9 Å². The molecule has 0 spiro atoms. The van der Waals surface area contributed by atoms with Gasteiger partial charge in [0.05, 0.1) is 18.6 Å². The average molecular weight is 334 g/mol. The molecule has 7 heteroatoms. The molecule has 1 unspecified atom stereocenters. The first-order valence-electron chi connectivity index (χ1n) is 7.10. The van der Waals surface area contributed by atoms with Gasteiger partial charge < -0.3 is 14.6 Å². The van der Waals surface area contributed by atoms with E-state index in [1.807, 2.05) is 0 Å². The number of carbonyl (C=O) groups excluding carboxylic acids is 2. The molecule has 0 aliphatic carbocycles. The van der Waals surface area contributed by atoms with Gasteiger partial charge in [0.2, 0.25) is 11.8 Å². The zero-order valence-electron chi connectivity index (χ0n) is 12.2. The largest absolute Gasteiger partial charge is 0.467 e. The monoisotopic (exact) mass is 334 g/mol. The molecule has 0 radical (unpaired) electrons. The third-order valence-electron chi connectivity index (χ3n) is 3.49. The van der Waals surface area contributed by atoms with E-state index in [4.69, 9.17) is 4.42 Å². The lowest BCUT2D eigenvalue weighted by atomic mass is 10.2. The van der Waals surface area contributed by atoms with Crippen molar-refractivity contribution in [3.05, 3.63) is 59.8 Å². The minimum Gasteiger partial charge on any atom is -0.467 e. The third kappa shape index (κ3) is 3.56. The van der Waals surface area contributed by atoms with Gasteiger partial charge in [-0.1, -0.05) is 18.2 Å². The molecule has 1 aliphatic rings. The summed E-state index contributed by atoms with van der Waals surface area (Å²) < 4.78 is 19.1. The number of nitrogens with zero attached hydrogens (tertiary/aromatic N) is 1. The van der Waals surface area contributed by atoms with Crippen molar-refractivity contribution < 1.29 is 18.4 Å². The summed E-state index contributed by atoms with van der Waals surface area (Å²) >= 11 is 1.32. The van der Waals surface area contributed by atoms with Crippen LogP contribution >= 0.6 is 11.8 Å². The Morgan fingerprint density at radius 1 is 1.35 bits per heavy atom. The van der Waals surface area contributed by atoms with Gasteiger partial charge in [0.15, 0.2) is 0 Å². The Hall–Kier alpha value is -2.28. The summed E-state index contributed by atoms with van der Waals surface area (Å²) in [6.45, 7) is 0.150. The Bertz CT molecular complexity index is 705. The predicted molar refractivity (Wildman–Crippen MR) is 83.9 cm³/mol. The van der Waals surface area contributed by atoms with Crippen molar-refractivity contribution >= 4 is 23.6 Å². The Kier molecular flexibility index (Phi) is 4.66. The van der Waals surface area contributed by atoms with Crippen LogP contribution in [0.15, 0.2) is 47.1 Å². The summed E-state index contributed by atoms with van der Waals surface area (Å²) in [5.41, 5.74) is 0.419. The van der Waals surface area contributed by atoms with Crippen LogP contribution in [0.3, 0.4) is 0 Å². The second-order valence-electron chi connectivity index (χ2n) is 5.06. The highest BCUT2D eigenvalue weighted by Gasteiger charge is 2.35. The molecular weight excluding hydrogens is 319 g/mol. The SMILES string of the molecule is O=C(CN1C(=O)CSC1c1ccccc1F)NCc1ccco1. The number of thioether (sulfide) groups is 1. The maximum Gasteiger partial charge on any atom is 0.240 e. The standard InChI is InChI=1S/C16H15FN2O3S/c17-13-6-2-1-5-12(13)16-19(15(21)10-23-16)9-14(20)18-8-11-4-3-7-22-11/h1-7,16H,8-10H2,(H,18,20). The molecule has 1 saturated heterocycles. The highest BCUT2D eigenvalue weighted by molar-refractivity contribution is 8.00. The van der Waals surface area contributed by atoms with Gasteiger partial charge in [-0.25, -0.2) is 4.39 Å². The summed E-state index contributed by atoms with van der Waals surface area (Å²) in [7, 11) is 0. The van der Waals surface area contributed by atoms with E-state index in [1.54, 1.807) is 30.3 Å². The van der Waals surface area contributed by atoms with E-state index in [0.29, 0.717) is 11.3 Å². The smallest absolute Gasteiger partial charge is 0.240 e. The maximum atomic E-state index is 13.9. The average Bonchev–Trinajstić information content (AvgIpc) is 3.17. The lowest BCUT2D eigenvalue weighted by molar-refractivity contribution is -0.133. The molecule has 23 heavy (non-hydrogen) atoms. The van der Waals surface area contributed by atoms with Gasteiger partial charge >= 0.3 is 0 Å². The molecule has 1 fully saturated rings. The first-order chi connectivity index (χ1) is 11.1. The highest BCUT2D eigenvalue weighted by atomic mass is 32.2. The number of benzene rings is 1. The van der Waals surface area contributed by atoms with E-state index in [9.17, 15) is 14.0 Å². The first kappa shape index (κ1) is 15.6. The van der Waals surface area contributed by atoms with Gasteiger partial charge in [-0.2, -0.15) is 0 Å². The molecule has 0 bridgehead atoms. The molecule has 2 heterocycles. The zero-order chi connectivity index (χ0) is 16.2. The number of rotatable bonds is 5. The molecular formula is C16H15FN2O3S. The summed E-state index contributed by atoms with van der Waals surface area (Å²) in [6.07, 6.45) is 1.52. The Morgan fingerprint density at radius 3 is 2.91 bits per heavy atom. The number of furan rings is 1. The number of halogens is 1. The molecule has 1 aromatic carbocycles. The van der Waals surface area contributed by atoms with E-state index in [0.717, 1.165) is 0 Å². The van der Waals surface area contributed by atoms with Crippen LogP contribution < -0.4 is 5.32 Å². The van der Waals surface area contributed by atoms with Crippen molar-refractivity contribution in [2.75, 3.05) is 12.3 Å². The maximum absolute atomic E-state index is 13.9. The lowest BCUT2D eigenvalue weighted by Gasteiger charge is -2.23. The van der Waals surface area contributed by atoms with Crippen LogP contribution in [0.4, 0.5) is 4.39 Å². The Balaban J connectivity index is 1.66. The number of hydrogen-bond acceptors (Lipinski definition) is 4. The Labute approximate surface area is 136 Å². The topological polar surface area (TPSA) is 62.6 Å². The summed E-state index contributed by atoms with van der Waals surface area (Å²) in [5.74, 6) is 0.0200. The van der Waals surface area contributed by atoms with E-state index in [-0.39, 0.29) is 36.5 Å². The number of nitrogens with one attached hydrogen (secondary N) is 1. The molecule has 1 aromatic heterocycles. The van der Waals surface area contributed by atoms with Gasteiger partial charge in [0.25, 0.3) is 0 Å². The van der Waals surface area contributed by atoms with Crippen LogP contribution in [0.25, 0.3) is 0 Å². The normalized spacial score (nSPS) is 17.5. The van der Waals surface area contributed by atoms with Crippen LogP contribution in [0.1, 0.15) is 16.7 Å². The minimum atomic E-state index is -0.474. The molecule has 3 rings (SSSR count). The predicted octanol–water partition coefficient (Wildman–Crippen LogP) is 2.31. The van der Waals surface area contributed by atoms with E-state index >= 15 is 0 Å². The summed E-state index contributed by atoms with van der Waals surface area (Å²) in [4.78, 5) is 25.5. The number of carbonyl (C=O) groups is 2. The second-order valence-corrected chi connectivity index (χ2v) is 6.13. The van der Waals surface area contributed by atoms with Crippen molar-refractivity contribution in [3.63, 3.8) is 0 Å². The van der Waals surface area contributed by atoms with Crippen molar-refractivity contribution in [2.24, 2.45) is 0 Å². The second kappa shape index (κ2) is 6.87. The van der Waals surface area contributed by atoms with Gasteiger partial charge in [-0.15, -0.1) is 11.8 Å². The first-order valence-corrected chi connectivity index (χ1v) is 8.14. The lowest BCUT2D eigenvalue weighted by Crippen LogP contribution is -2.39. The van der Waals surface area contributed by atoms with Crippen molar-refractivity contribution in [1.29, 1.82) is 0 Å². The fourth-order valence-corrected chi connectivity index (χ4v) is 3.58. The molecule has 5 nitrogen and oxygen atoms in total. The van der Waals surface area contributed by atoms with Crippen LogP contribution in [0.5, 0.6) is 0 Å². The van der Waals surface area contributed by atoms with Crippen LogP contribution in [-0.4, -0.2) is 29.0 Å². The summed E-state index contributed by atoms with van der Waals surface area (Å²) in [6, 6.07) is 9.79. The van der Waals surface area contributed by atoms with E-state index in [1.165, 1.54) is 29.0 Å². The molecule has 1 N–H and O–H groups in total. The van der Waals surface area contributed by atoms with E-state index in [2.05, 4.69) is 5.32 Å². The van der Waals surface area contributed by atoms with Crippen molar-refractivity contribution in [3.8, 4) is 0 Å². The molecule has 2 aromatic rings. The van der Waals surface area contributed by atoms with Gasteiger partial charge in [0, 0.05) is 5.56 Å². The Morgan fingerprint density at radius 2 is 2.17 bits per heavy atom. The summed E-state index contributed by atoms with van der Waals surface area (Å²) in [5, 5.41) is 2.22. The van der Waals surface area contributed by atoms with Crippen molar-refractivity contribution in [1.82, 2.24) is 10.2 Å². The number of hydrogen-bond donors (Lipinski definition) is 1. The molecule has 0 saturated carbocycles. The zero-order valence-corrected chi connectivity index (χ0v) is 13.0. The molecule has 120 valence electrons. The van der Waals surface area contributed by atoms with E-state index < -0.39 is 5.37 Å². The number of amides is 2. The highest BCUT2D eigenvalue weighted by Crippen LogP contribution is 2.39. The van der Waals surface area contributed by atoms with Crippen LogP contribution in [-0.2, 0) is 16.1 Å². The van der Waals surface area contributed by atoms with Gasteiger partial charge in [0.1, 0.15) is 23.5 Å². The fraction of sp³-hybridized carbons (Fsp3) is 0.250. The molecule has 1 atom stereocenters. The third-order valence-corrected chi connectivity index (χ3v) is 4.73. The molecule has 2 amide bonds. The quantitative estimate of drug-likeness (QED) is 0.911. The fourth-order valence-electron chi connectivity index (χ4n) is 2.37. The van der Waals surface area contributed by atoms with Gasteiger partial charge in [-0.3, -0.25) is 9.59 Å². The van der Waals surface area contributed by atoms with Gasteiger partial charge in [-0.05, 0) is 18.2 Å².